The van der Waals surface area contributed by atoms with Gasteiger partial charge in [0.15, 0.2) is 0 Å². The Hall–Kier alpha value is -0.660. The van der Waals surface area contributed by atoms with E-state index in [-0.39, 0.29) is 18.6 Å². The van der Waals surface area contributed by atoms with Gasteiger partial charge in [-0.3, -0.25) is 9.63 Å². The molecule has 0 bridgehead atoms. The maximum atomic E-state index is 11.6. The fourth-order valence-electron chi connectivity index (χ4n) is 1.30. The van der Waals surface area contributed by atoms with Gasteiger partial charge < -0.3 is 5.11 Å². The Labute approximate surface area is 88.8 Å². The summed E-state index contributed by atoms with van der Waals surface area (Å²) < 4.78 is 24.1. The average Bonchev–Trinajstić information content (AvgIpc) is 2.18. The number of nitrogens with zero attached hydrogens (tertiary/aromatic N) is 1. The van der Waals surface area contributed by atoms with Gasteiger partial charge in [0, 0.05) is 13.0 Å². The Balaban J connectivity index is 2.40. The zero-order valence-electron chi connectivity index (χ0n) is 8.39. The smallest absolute Gasteiger partial charge is 0.303 e. The Morgan fingerprint density at radius 3 is 2.67 bits per heavy atom. The van der Waals surface area contributed by atoms with Gasteiger partial charge in [0.2, 0.25) is 10.0 Å². The van der Waals surface area contributed by atoms with E-state index in [2.05, 4.69) is 0 Å². The van der Waals surface area contributed by atoms with Gasteiger partial charge in [0.1, 0.15) is 0 Å². The lowest BCUT2D eigenvalue weighted by Crippen LogP contribution is -2.37. The van der Waals surface area contributed by atoms with E-state index in [1.165, 1.54) is 0 Å². The van der Waals surface area contributed by atoms with Crippen LogP contribution in [-0.2, 0) is 19.7 Å². The molecule has 0 aromatic heterocycles. The summed E-state index contributed by atoms with van der Waals surface area (Å²) in [7, 11) is -3.43. The van der Waals surface area contributed by atoms with Gasteiger partial charge in [-0.15, -0.1) is 0 Å². The van der Waals surface area contributed by atoms with Gasteiger partial charge in [0.25, 0.3) is 0 Å². The zero-order chi connectivity index (χ0) is 11.3. The Bertz CT molecular complexity index is 307. The zero-order valence-corrected chi connectivity index (χ0v) is 9.20. The van der Waals surface area contributed by atoms with E-state index in [0.717, 1.165) is 17.3 Å². The molecule has 0 spiro atoms. The van der Waals surface area contributed by atoms with Crippen molar-refractivity contribution < 1.29 is 23.2 Å². The normalized spacial score (nSPS) is 18.9. The molecule has 6 nitrogen and oxygen atoms in total. The van der Waals surface area contributed by atoms with E-state index in [1.807, 2.05) is 0 Å². The lowest BCUT2D eigenvalue weighted by molar-refractivity contribution is -0.137. The van der Waals surface area contributed by atoms with Crippen molar-refractivity contribution >= 4 is 16.0 Å². The molecule has 0 aromatic carbocycles. The number of carbonyl (C=O) groups is 1. The van der Waals surface area contributed by atoms with Gasteiger partial charge in [-0.25, -0.2) is 8.42 Å². The summed E-state index contributed by atoms with van der Waals surface area (Å²) in [5.74, 6) is -1.15. The minimum absolute atomic E-state index is 0.123. The molecule has 1 saturated heterocycles. The lowest BCUT2D eigenvalue weighted by atomic mass is 10.3. The fraction of sp³-hybridized carbons (Fsp3) is 0.875. The average molecular weight is 237 g/mol. The summed E-state index contributed by atoms with van der Waals surface area (Å²) >= 11 is 0. The van der Waals surface area contributed by atoms with Crippen molar-refractivity contribution in [2.75, 3.05) is 18.9 Å². The fourth-order valence-corrected chi connectivity index (χ4v) is 2.66. The number of carboxylic acids is 1. The molecule has 7 heteroatoms. The Kier molecular flexibility index (Phi) is 4.49. The lowest BCUT2D eigenvalue weighted by Gasteiger charge is -2.24. The predicted molar refractivity (Wildman–Crippen MR) is 52.5 cm³/mol. The third kappa shape index (κ3) is 4.15. The van der Waals surface area contributed by atoms with E-state index in [9.17, 15) is 13.2 Å². The second-order valence-electron chi connectivity index (χ2n) is 3.38. The predicted octanol–water partition coefficient (Wildman–Crippen LogP) is 0.208. The van der Waals surface area contributed by atoms with Crippen molar-refractivity contribution in [2.45, 2.75) is 25.7 Å². The first-order valence-corrected chi connectivity index (χ1v) is 6.48. The second kappa shape index (κ2) is 5.43. The third-order valence-electron chi connectivity index (χ3n) is 2.07. The van der Waals surface area contributed by atoms with Crippen LogP contribution in [0.4, 0.5) is 0 Å². The number of aliphatic carboxylic acids is 1. The van der Waals surface area contributed by atoms with Crippen LogP contribution in [0.2, 0.25) is 0 Å². The van der Waals surface area contributed by atoms with Crippen LogP contribution in [0.1, 0.15) is 25.7 Å². The highest BCUT2D eigenvalue weighted by Crippen LogP contribution is 2.12. The molecule has 1 fully saturated rings. The molecule has 1 N–H and O–H groups in total. The van der Waals surface area contributed by atoms with Gasteiger partial charge in [0.05, 0.1) is 12.4 Å². The van der Waals surface area contributed by atoms with Gasteiger partial charge in [-0.2, -0.15) is 0 Å². The van der Waals surface area contributed by atoms with Crippen LogP contribution in [0.25, 0.3) is 0 Å². The molecule has 1 rings (SSSR count). The molecule has 0 aliphatic carbocycles. The van der Waals surface area contributed by atoms with Gasteiger partial charge in [-0.05, 0) is 19.3 Å². The summed E-state index contributed by atoms with van der Waals surface area (Å²) in [5, 5.41) is 8.38. The maximum absolute atomic E-state index is 11.6. The molecule has 0 atom stereocenters. The largest absolute Gasteiger partial charge is 0.481 e. The van der Waals surface area contributed by atoms with Gasteiger partial charge >= 0.3 is 5.97 Å². The molecule has 0 saturated carbocycles. The number of rotatable bonds is 5. The second-order valence-corrected chi connectivity index (χ2v) is 5.36. The van der Waals surface area contributed by atoms with E-state index in [0.29, 0.717) is 13.2 Å². The minimum Gasteiger partial charge on any atom is -0.481 e. The molecule has 88 valence electrons. The van der Waals surface area contributed by atoms with Crippen LogP contribution in [0, 0.1) is 0 Å². The Morgan fingerprint density at radius 2 is 2.13 bits per heavy atom. The first-order valence-electron chi connectivity index (χ1n) is 4.87. The van der Waals surface area contributed by atoms with E-state index >= 15 is 0 Å². The molecule has 1 heterocycles. The van der Waals surface area contributed by atoms with Crippen LogP contribution in [0.5, 0.6) is 0 Å². The monoisotopic (exact) mass is 237 g/mol. The van der Waals surface area contributed by atoms with Crippen molar-refractivity contribution in [3.63, 3.8) is 0 Å². The molecular formula is C8H15NO5S. The molecule has 1 aliphatic rings. The summed E-state index contributed by atoms with van der Waals surface area (Å²) in [5.41, 5.74) is 0. The van der Waals surface area contributed by atoms with Gasteiger partial charge in [-0.1, -0.05) is 4.47 Å². The molecule has 0 radical (unpaired) electrons. The molecule has 0 aromatic rings. The number of hydrogen-bond acceptors (Lipinski definition) is 4. The first-order chi connectivity index (χ1) is 7.02. The van der Waals surface area contributed by atoms with Crippen LogP contribution in [0.3, 0.4) is 0 Å². The third-order valence-corrected chi connectivity index (χ3v) is 3.79. The molecule has 1 aliphatic heterocycles. The van der Waals surface area contributed by atoms with Crippen molar-refractivity contribution in [3.05, 3.63) is 0 Å². The van der Waals surface area contributed by atoms with Crippen molar-refractivity contribution in [1.82, 2.24) is 4.47 Å². The number of hydrogen-bond donors (Lipinski definition) is 1. The SMILES string of the molecule is O=C(O)CCCS(=O)(=O)N1CCCCO1. The molecule has 0 unspecified atom stereocenters. The minimum atomic E-state index is -3.43. The highest BCUT2D eigenvalue weighted by molar-refractivity contribution is 7.88. The summed E-state index contributed by atoms with van der Waals surface area (Å²) in [6.45, 7) is 0.785. The van der Waals surface area contributed by atoms with Crippen LogP contribution >= 0.6 is 0 Å². The van der Waals surface area contributed by atoms with E-state index in [1.54, 1.807) is 0 Å². The summed E-state index contributed by atoms with van der Waals surface area (Å²) in [6.07, 6.45) is 1.64. The highest BCUT2D eigenvalue weighted by atomic mass is 32.2. The van der Waals surface area contributed by atoms with Crippen molar-refractivity contribution in [2.24, 2.45) is 0 Å². The number of sulfonamides is 1. The van der Waals surface area contributed by atoms with E-state index in [4.69, 9.17) is 9.94 Å². The quantitative estimate of drug-likeness (QED) is 0.738. The van der Waals surface area contributed by atoms with Crippen LogP contribution in [0.15, 0.2) is 0 Å². The summed E-state index contributed by atoms with van der Waals surface area (Å²) in [6, 6.07) is 0. The highest BCUT2D eigenvalue weighted by Gasteiger charge is 2.24. The van der Waals surface area contributed by atoms with E-state index < -0.39 is 16.0 Å². The number of hydroxylamine groups is 1. The van der Waals surface area contributed by atoms with Crippen molar-refractivity contribution in [3.8, 4) is 0 Å². The molecule has 15 heavy (non-hydrogen) atoms. The van der Waals surface area contributed by atoms with Crippen LogP contribution < -0.4 is 0 Å². The maximum Gasteiger partial charge on any atom is 0.303 e. The summed E-state index contributed by atoms with van der Waals surface area (Å²) in [4.78, 5) is 15.2. The Morgan fingerprint density at radius 1 is 1.40 bits per heavy atom. The standard InChI is InChI=1S/C8H15NO5S/c10-8(11)4-3-7-15(12,13)9-5-1-2-6-14-9/h1-7H2,(H,10,11). The number of carboxylic acid groups (broad SMARTS) is 1. The molecule has 0 amide bonds. The van der Waals surface area contributed by atoms with Crippen LogP contribution in [-0.4, -0.2) is 42.9 Å². The first kappa shape index (κ1) is 12.4. The van der Waals surface area contributed by atoms with Crippen molar-refractivity contribution in [1.29, 1.82) is 0 Å². The molecular weight excluding hydrogens is 222 g/mol. The topological polar surface area (TPSA) is 83.9 Å².